The Morgan fingerprint density at radius 2 is 1.74 bits per heavy atom. The molecular formula is C22H19FN4O4. The Hall–Kier alpha value is -4.01. The molecule has 0 aliphatic heterocycles. The van der Waals surface area contributed by atoms with Crippen molar-refractivity contribution in [3.63, 3.8) is 0 Å². The predicted octanol–water partition coefficient (Wildman–Crippen LogP) is 2.34. The zero-order valence-electron chi connectivity index (χ0n) is 16.9. The van der Waals surface area contributed by atoms with Crippen molar-refractivity contribution < 1.29 is 13.9 Å². The Morgan fingerprint density at radius 1 is 1.06 bits per heavy atom. The average molecular weight is 422 g/mol. The zero-order chi connectivity index (χ0) is 22.1. The van der Waals surface area contributed by atoms with Crippen LogP contribution in [0.2, 0.25) is 0 Å². The highest BCUT2D eigenvalue weighted by atomic mass is 19.1. The number of carbonyl (C=O) groups excluding carboxylic acids is 1. The molecule has 0 aliphatic rings. The lowest BCUT2D eigenvalue weighted by molar-refractivity contribution is 0.0600. The molecule has 2 aromatic heterocycles. The second kappa shape index (κ2) is 8.02. The fraction of sp³-hybridized carbons (Fsp3) is 0.182. The number of halogens is 1. The van der Waals surface area contributed by atoms with Crippen LogP contribution < -0.4 is 11.2 Å². The molecule has 0 unspecified atom stereocenters. The summed E-state index contributed by atoms with van der Waals surface area (Å²) in [5, 5.41) is 0. The maximum Gasteiger partial charge on any atom is 0.337 e. The summed E-state index contributed by atoms with van der Waals surface area (Å²) in [7, 11) is 1.31. The van der Waals surface area contributed by atoms with Gasteiger partial charge >= 0.3 is 11.7 Å². The molecule has 0 N–H and O–H groups in total. The van der Waals surface area contributed by atoms with Crippen molar-refractivity contribution in [1.82, 2.24) is 18.7 Å². The van der Waals surface area contributed by atoms with Crippen molar-refractivity contribution >= 4 is 17.1 Å². The van der Waals surface area contributed by atoms with Crippen LogP contribution in [0.15, 0.2) is 64.4 Å². The molecule has 0 aliphatic carbocycles. The molecule has 0 bridgehead atoms. The molecule has 8 nitrogen and oxygen atoms in total. The lowest BCUT2D eigenvalue weighted by Crippen LogP contribution is -2.39. The number of rotatable bonds is 5. The summed E-state index contributed by atoms with van der Waals surface area (Å²) >= 11 is 0. The largest absolute Gasteiger partial charge is 0.465 e. The summed E-state index contributed by atoms with van der Waals surface area (Å²) < 4.78 is 22.1. The van der Waals surface area contributed by atoms with E-state index in [0.29, 0.717) is 17.8 Å². The third-order valence-corrected chi connectivity index (χ3v) is 5.03. The maximum absolute atomic E-state index is 13.4. The Bertz CT molecular complexity index is 1380. The van der Waals surface area contributed by atoms with Gasteiger partial charge in [-0.3, -0.25) is 9.36 Å². The number of aromatic nitrogens is 4. The number of esters is 1. The minimum atomic E-state index is -0.542. The van der Waals surface area contributed by atoms with E-state index in [9.17, 15) is 18.8 Å². The Balaban J connectivity index is 1.86. The molecular weight excluding hydrogens is 403 g/mol. The first-order chi connectivity index (χ1) is 14.9. The van der Waals surface area contributed by atoms with E-state index in [1.807, 2.05) is 0 Å². The van der Waals surface area contributed by atoms with Crippen molar-refractivity contribution in [1.29, 1.82) is 0 Å². The summed E-state index contributed by atoms with van der Waals surface area (Å²) in [4.78, 5) is 41.9. The van der Waals surface area contributed by atoms with Crippen molar-refractivity contribution in [2.24, 2.45) is 0 Å². The van der Waals surface area contributed by atoms with Crippen LogP contribution in [0.3, 0.4) is 0 Å². The molecule has 9 heteroatoms. The van der Waals surface area contributed by atoms with E-state index in [2.05, 4.69) is 4.98 Å². The number of ether oxygens (including phenoxy) is 1. The van der Waals surface area contributed by atoms with Crippen LogP contribution >= 0.6 is 0 Å². The van der Waals surface area contributed by atoms with E-state index < -0.39 is 23.0 Å². The van der Waals surface area contributed by atoms with Crippen molar-refractivity contribution in [2.45, 2.75) is 20.0 Å². The third-order valence-electron chi connectivity index (χ3n) is 5.03. The fourth-order valence-electron chi connectivity index (χ4n) is 3.46. The molecule has 4 aromatic rings. The van der Waals surface area contributed by atoms with Crippen molar-refractivity contribution in [3.8, 4) is 5.69 Å². The number of imidazole rings is 1. The van der Waals surface area contributed by atoms with E-state index >= 15 is 0 Å². The second-order valence-corrected chi connectivity index (χ2v) is 6.88. The molecule has 0 saturated heterocycles. The first-order valence-electron chi connectivity index (χ1n) is 9.58. The van der Waals surface area contributed by atoms with E-state index in [1.54, 1.807) is 35.8 Å². The fourth-order valence-corrected chi connectivity index (χ4v) is 3.46. The highest BCUT2D eigenvalue weighted by molar-refractivity contribution is 5.89. The zero-order valence-corrected chi connectivity index (χ0v) is 16.9. The highest BCUT2D eigenvalue weighted by Crippen LogP contribution is 2.16. The van der Waals surface area contributed by atoms with Gasteiger partial charge in [0.15, 0.2) is 11.2 Å². The summed E-state index contributed by atoms with van der Waals surface area (Å²) in [5.41, 5.74) is 1.10. The van der Waals surface area contributed by atoms with E-state index in [0.717, 1.165) is 10.1 Å². The number of fused-ring (bicyclic) bond motifs is 1. The Morgan fingerprint density at radius 3 is 2.35 bits per heavy atom. The molecule has 0 fully saturated rings. The predicted molar refractivity (Wildman–Crippen MR) is 112 cm³/mol. The standard InChI is InChI=1S/C22H19FN4O4/c1-3-26-20(28)18-19(27(22(26)30)17-10-8-16(23)9-11-17)24-13-25(18)12-14-4-6-15(7-5-14)21(29)31-2/h4-11,13H,3,12H2,1-2H3. The van der Waals surface area contributed by atoms with Gasteiger partial charge in [-0.2, -0.15) is 0 Å². The van der Waals surface area contributed by atoms with Crippen molar-refractivity contribution in [2.75, 3.05) is 7.11 Å². The highest BCUT2D eigenvalue weighted by Gasteiger charge is 2.19. The molecule has 0 saturated carbocycles. The molecule has 0 radical (unpaired) electrons. The smallest absolute Gasteiger partial charge is 0.337 e. The molecule has 31 heavy (non-hydrogen) atoms. The maximum atomic E-state index is 13.4. The van der Waals surface area contributed by atoms with E-state index in [4.69, 9.17) is 4.74 Å². The molecule has 158 valence electrons. The number of hydrogen-bond acceptors (Lipinski definition) is 5. The summed E-state index contributed by atoms with van der Waals surface area (Å²) in [6, 6.07) is 12.2. The number of hydrogen-bond donors (Lipinski definition) is 0. The summed E-state index contributed by atoms with van der Waals surface area (Å²) in [5.74, 6) is -0.869. The number of methoxy groups -OCH3 is 1. The van der Waals surface area contributed by atoms with Crippen LogP contribution in [0.1, 0.15) is 22.8 Å². The summed E-state index contributed by atoms with van der Waals surface area (Å²) in [6.07, 6.45) is 1.49. The minimum absolute atomic E-state index is 0.174. The van der Waals surface area contributed by atoms with Gasteiger partial charge in [-0.25, -0.2) is 23.5 Å². The number of carbonyl (C=O) groups is 1. The lowest BCUT2D eigenvalue weighted by atomic mass is 10.1. The SMILES string of the molecule is CCn1c(=O)c2c(ncn2Cc2ccc(C(=O)OC)cc2)n(-c2ccc(F)cc2)c1=O. The Kier molecular flexibility index (Phi) is 5.24. The monoisotopic (exact) mass is 422 g/mol. The number of benzene rings is 2. The molecule has 0 amide bonds. The van der Waals surface area contributed by atoms with Crippen LogP contribution in [0.4, 0.5) is 4.39 Å². The molecule has 2 heterocycles. The van der Waals surface area contributed by atoms with E-state index in [-0.39, 0.29) is 17.7 Å². The van der Waals surface area contributed by atoms with E-state index in [1.165, 1.54) is 42.3 Å². The van der Waals surface area contributed by atoms with Gasteiger partial charge in [-0.05, 0) is 48.9 Å². The van der Waals surface area contributed by atoms with Gasteiger partial charge in [0.1, 0.15) is 5.82 Å². The lowest BCUT2D eigenvalue weighted by Gasteiger charge is -2.12. The second-order valence-electron chi connectivity index (χ2n) is 6.88. The van der Waals surface area contributed by atoms with Crippen LogP contribution in [0.5, 0.6) is 0 Å². The van der Waals surface area contributed by atoms with Crippen LogP contribution in [-0.2, 0) is 17.8 Å². The number of nitrogens with zero attached hydrogens (tertiary/aromatic N) is 4. The van der Waals surface area contributed by atoms with Crippen LogP contribution in [-0.4, -0.2) is 31.8 Å². The van der Waals surface area contributed by atoms with Crippen LogP contribution in [0.25, 0.3) is 16.9 Å². The minimum Gasteiger partial charge on any atom is -0.465 e. The molecule has 2 aromatic carbocycles. The van der Waals surface area contributed by atoms with Gasteiger partial charge in [-0.1, -0.05) is 12.1 Å². The molecule has 0 atom stereocenters. The van der Waals surface area contributed by atoms with Gasteiger partial charge < -0.3 is 9.30 Å². The van der Waals surface area contributed by atoms with Gasteiger partial charge in [0.25, 0.3) is 5.56 Å². The van der Waals surface area contributed by atoms with Crippen LogP contribution in [0, 0.1) is 5.82 Å². The van der Waals surface area contributed by atoms with Gasteiger partial charge in [-0.15, -0.1) is 0 Å². The summed E-state index contributed by atoms with van der Waals surface area (Å²) in [6.45, 7) is 2.18. The van der Waals surface area contributed by atoms with Gasteiger partial charge in [0.05, 0.1) is 24.7 Å². The topological polar surface area (TPSA) is 88.1 Å². The first-order valence-corrected chi connectivity index (χ1v) is 9.58. The Labute approximate surface area is 175 Å². The molecule has 0 spiro atoms. The van der Waals surface area contributed by atoms with Crippen molar-refractivity contribution in [3.05, 3.63) is 92.6 Å². The quantitative estimate of drug-likeness (QED) is 0.461. The molecule has 4 rings (SSSR count). The van der Waals surface area contributed by atoms with Gasteiger partial charge in [0, 0.05) is 13.1 Å². The van der Waals surface area contributed by atoms with Gasteiger partial charge in [0.2, 0.25) is 0 Å². The normalized spacial score (nSPS) is 11.1. The first kappa shape index (κ1) is 20.3. The average Bonchev–Trinajstić information content (AvgIpc) is 3.18. The third kappa shape index (κ3) is 3.54.